The van der Waals surface area contributed by atoms with Crippen molar-refractivity contribution in [2.24, 2.45) is 10.9 Å². The maximum absolute atomic E-state index is 5.23. The lowest BCUT2D eigenvalue weighted by molar-refractivity contribution is 0.415. The van der Waals surface area contributed by atoms with E-state index < -0.39 is 0 Å². The lowest BCUT2D eigenvalue weighted by Gasteiger charge is -2.09. The van der Waals surface area contributed by atoms with Crippen LogP contribution in [0.25, 0.3) is 0 Å². The summed E-state index contributed by atoms with van der Waals surface area (Å²) in [5.74, 6) is 2.48. The molecule has 1 aliphatic heterocycles. The van der Waals surface area contributed by atoms with Crippen LogP contribution in [0.3, 0.4) is 0 Å². The van der Waals surface area contributed by atoms with Crippen LogP contribution in [-0.2, 0) is 0 Å². The number of halogens is 1. The molecule has 1 aliphatic rings. The maximum atomic E-state index is 5.23. The summed E-state index contributed by atoms with van der Waals surface area (Å²) in [6.45, 7) is 4.41. The molecule has 0 bridgehead atoms. The summed E-state index contributed by atoms with van der Waals surface area (Å²) in [7, 11) is 1.67. The lowest BCUT2D eigenvalue weighted by atomic mass is 10.1. The standard InChI is InChI=1S/C13H17BrN2OS/c1-8(2)12-7-18-13(16-12)15-11-6-9(17-3)4-5-10(11)14/h4-6,8,12H,7H2,1-3H3,(H,15,16)/t12-/m1/s1. The van der Waals surface area contributed by atoms with Crippen LogP contribution in [0.4, 0.5) is 5.69 Å². The van der Waals surface area contributed by atoms with Crippen LogP contribution in [0.5, 0.6) is 5.75 Å². The summed E-state index contributed by atoms with van der Waals surface area (Å²) in [5.41, 5.74) is 0.991. The van der Waals surface area contributed by atoms with Gasteiger partial charge in [-0.25, -0.2) is 0 Å². The highest BCUT2D eigenvalue weighted by molar-refractivity contribution is 9.10. The van der Waals surface area contributed by atoms with Gasteiger partial charge in [0, 0.05) is 16.3 Å². The zero-order valence-corrected chi connectivity index (χ0v) is 13.1. The van der Waals surface area contributed by atoms with E-state index in [0.717, 1.165) is 26.8 Å². The van der Waals surface area contributed by atoms with Crippen molar-refractivity contribution in [1.82, 2.24) is 0 Å². The maximum Gasteiger partial charge on any atom is 0.161 e. The van der Waals surface area contributed by atoms with Gasteiger partial charge < -0.3 is 10.1 Å². The molecule has 1 N–H and O–H groups in total. The summed E-state index contributed by atoms with van der Waals surface area (Å²) >= 11 is 5.30. The minimum Gasteiger partial charge on any atom is -0.497 e. The van der Waals surface area contributed by atoms with Gasteiger partial charge in [0.2, 0.25) is 0 Å². The number of rotatable bonds is 3. The smallest absolute Gasteiger partial charge is 0.161 e. The first-order chi connectivity index (χ1) is 8.60. The first kappa shape index (κ1) is 13.7. The van der Waals surface area contributed by atoms with Crippen molar-refractivity contribution in [2.75, 3.05) is 18.2 Å². The zero-order chi connectivity index (χ0) is 13.1. The van der Waals surface area contributed by atoms with Crippen molar-refractivity contribution >= 4 is 38.5 Å². The predicted octanol–water partition coefficient (Wildman–Crippen LogP) is 4.00. The SMILES string of the molecule is COc1ccc(Br)c(NC2=N[C@@H](C(C)C)CS2)c1. The largest absolute Gasteiger partial charge is 0.497 e. The first-order valence-electron chi connectivity index (χ1n) is 5.91. The summed E-state index contributed by atoms with van der Waals surface area (Å²) in [4.78, 5) is 4.69. The topological polar surface area (TPSA) is 33.6 Å². The third kappa shape index (κ3) is 3.20. The molecule has 0 saturated carbocycles. The Labute approximate surface area is 121 Å². The summed E-state index contributed by atoms with van der Waals surface area (Å²) in [6, 6.07) is 6.29. The number of benzene rings is 1. The zero-order valence-electron chi connectivity index (χ0n) is 10.7. The van der Waals surface area contributed by atoms with E-state index in [2.05, 4.69) is 40.1 Å². The van der Waals surface area contributed by atoms with Crippen molar-refractivity contribution in [3.8, 4) is 5.75 Å². The lowest BCUT2D eigenvalue weighted by Crippen LogP contribution is -2.12. The van der Waals surface area contributed by atoms with Crippen LogP contribution in [0.1, 0.15) is 13.8 Å². The van der Waals surface area contributed by atoms with Gasteiger partial charge in [-0.05, 0) is 34.0 Å². The second-order valence-corrected chi connectivity index (χ2v) is 6.39. The Bertz CT molecular complexity index is 462. The van der Waals surface area contributed by atoms with E-state index in [1.165, 1.54) is 0 Å². The molecule has 0 saturated heterocycles. The van der Waals surface area contributed by atoms with Gasteiger partial charge >= 0.3 is 0 Å². The van der Waals surface area contributed by atoms with Crippen LogP contribution in [0, 0.1) is 5.92 Å². The molecule has 0 unspecified atom stereocenters. The molecular weight excluding hydrogens is 312 g/mol. The molecule has 0 radical (unpaired) electrons. The van der Waals surface area contributed by atoms with Gasteiger partial charge in [0.05, 0.1) is 18.8 Å². The molecule has 0 amide bonds. The minimum absolute atomic E-state index is 0.418. The second kappa shape index (κ2) is 5.97. The highest BCUT2D eigenvalue weighted by atomic mass is 79.9. The number of amidine groups is 1. The fourth-order valence-electron chi connectivity index (χ4n) is 1.64. The summed E-state index contributed by atoms with van der Waals surface area (Å²) < 4.78 is 6.24. The van der Waals surface area contributed by atoms with E-state index in [0.29, 0.717) is 12.0 Å². The molecule has 18 heavy (non-hydrogen) atoms. The Kier molecular flexibility index (Phi) is 4.56. The van der Waals surface area contributed by atoms with Crippen molar-refractivity contribution in [2.45, 2.75) is 19.9 Å². The van der Waals surface area contributed by atoms with E-state index >= 15 is 0 Å². The number of thioether (sulfide) groups is 1. The molecule has 2 rings (SSSR count). The summed E-state index contributed by atoms with van der Waals surface area (Å²) in [6.07, 6.45) is 0. The number of aliphatic imine (C=N–C) groups is 1. The number of hydrogen-bond donors (Lipinski definition) is 1. The number of nitrogens with zero attached hydrogens (tertiary/aromatic N) is 1. The van der Waals surface area contributed by atoms with E-state index in [9.17, 15) is 0 Å². The van der Waals surface area contributed by atoms with Gasteiger partial charge in [-0.15, -0.1) is 0 Å². The fourth-order valence-corrected chi connectivity index (χ4v) is 3.17. The van der Waals surface area contributed by atoms with Crippen LogP contribution in [-0.4, -0.2) is 24.1 Å². The van der Waals surface area contributed by atoms with Crippen molar-refractivity contribution in [3.63, 3.8) is 0 Å². The number of anilines is 1. The van der Waals surface area contributed by atoms with Gasteiger partial charge in [-0.1, -0.05) is 25.6 Å². The molecule has 0 fully saturated rings. The highest BCUT2D eigenvalue weighted by Crippen LogP contribution is 2.30. The van der Waals surface area contributed by atoms with Gasteiger partial charge in [0.15, 0.2) is 5.17 Å². The Morgan fingerprint density at radius 3 is 2.89 bits per heavy atom. The van der Waals surface area contributed by atoms with E-state index in [1.807, 2.05) is 18.2 Å². The average molecular weight is 329 g/mol. The Morgan fingerprint density at radius 2 is 2.28 bits per heavy atom. The first-order valence-corrected chi connectivity index (χ1v) is 7.69. The quantitative estimate of drug-likeness (QED) is 0.910. The molecule has 1 heterocycles. The second-order valence-electron chi connectivity index (χ2n) is 4.53. The molecule has 0 spiro atoms. The number of nitrogens with one attached hydrogen (secondary N) is 1. The monoisotopic (exact) mass is 328 g/mol. The normalized spacial score (nSPS) is 18.9. The van der Waals surface area contributed by atoms with Crippen molar-refractivity contribution in [1.29, 1.82) is 0 Å². The molecular formula is C13H17BrN2OS. The number of methoxy groups -OCH3 is 1. The Morgan fingerprint density at radius 1 is 1.50 bits per heavy atom. The van der Waals surface area contributed by atoms with Gasteiger partial charge in [0.1, 0.15) is 5.75 Å². The Balaban J connectivity index is 2.12. The van der Waals surface area contributed by atoms with Gasteiger partial charge in [-0.2, -0.15) is 0 Å². The molecule has 0 aromatic heterocycles. The molecule has 3 nitrogen and oxygen atoms in total. The van der Waals surface area contributed by atoms with Gasteiger partial charge in [-0.3, -0.25) is 4.99 Å². The van der Waals surface area contributed by atoms with Crippen LogP contribution in [0.15, 0.2) is 27.7 Å². The number of ether oxygens (including phenoxy) is 1. The molecule has 1 atom stereocenters. The van der Waals surface area contributed by atoms with Crippen LogP contribution in [0.2, 0.25) is 0 Å². The average Bonchev–Trinajstić information content (AvgIpc) is 2.81. The summed E-state index contributed by atoms with van der Waals surface area (Å²) in [5, 5.41) is 4.34. The fraction of sp³-hybridized carbons (Fsp3) is 0.462. The van der Waals surface area contributed by atoms with Crippen molar-refractivity contribution in [3.05, 3.63) is 22.7 Å². The molecule has 1 aromatic carbocycles. The van der Waals surface area contributed by atoms with Crippen LogP contribution < -0.4 is 10.1 Å². The Hall–Kier alpha value is -0.680. The molecule has 0 aliphatic carbocycles. The van der Waals surface area contributed by atoms with Gasteiger partial charge in [0.25, 0.3) is 0 Å². The van der Waals surface area contributed by atoms with Crippen molar-refractivity contribution < 1.29 is 4.74 Å². The predicted molar refractivity (Wildman–Crippen MR) is 82.8 cm³/mol. The van der Waals surface area contributed by atoms with E-state index in [-0.39, 0.29) is 0 Å². The third-order valence-corrected chi connectivity index (χ3v) is 4.54. The molecule has 1 aromatic rings. The third-order valence-electron chi connectivity index (χ3n) is 2.86. The minimum atomic E-state index is 0.418. The molecule has 5 heteroatoms. The highest BCUT2D eigenvalue weighted by Gasteiger charge is 2.21. The van der Waals surface area contributed by atoms with E-state index in [1.54, 1.807) is 18.9 Å². The number of hydrogen-bond acceptors (Lipinski definition) is 4. The van der Waals surface area contributed by atoms with Crippen LogP contribution >= 0.6 is 27.7 Å². The molecule has 98 valence electrons. The van der Waals surface area contributed by atoms with E-state index in [4.69, 9.17) is 4.74 Å².